The molecule has 2 heterocycles. The van der Waals surface area contributed by atoms with E-state index in [0.29, 0.717) is 26.2 Å². The van der Waals surface area contributed by atoms with E-state index >= 15 is 0 Å². The van der Waals surface area contributed by atoms with Gasteiger partial charge >= 0.3 is 0 Å². The third-order valence-corrected chi connectivity index (χ3v) is 3.40. The quantitative estimate of drug-likeness (QED) is 0.697. The van der Waals surface area contributed by atoms with E-state index < -0.39 is 5.56 Å². The molecular weight excluding hydrogens is 288 g/mol. The fraction of sp³-hybridized carbons (Fsp3) is 0.571. The lowest BCUT2D eigenvalue weighted by Gasteiger charge is -2.15. The summed E-state index contributed by atoms with van der Waals surface area (Å²) < 4.78 is 5.83. The largest absolute Gasteiger partial charge is 0.383 e. The maximum atomic E-state index is 12.2. The number of likely N-dealkylation sites (tertiary alicyclic amines) is 1. The van der Waals surface area contributed by atoms with E-state index in [2.05, 4.69) is 10.4 Å². The second-order valence-corrected chi connectivity index (χ2v) is 5.06. The molecule has 0 aromatic carbocycles. The van der Waals surface area contributed by atoms with Crippen molar-refractivity contribution >= 4 is 11.8 Å². The van der Waals surface area contributed by atoms with E-state index in [1.807, 2.05) is 0 Å². The zero-order chi connectivity index (χ0) is 15.9. The van der Waals surface area contributed by atoms with Crippen LogP contribution >= 0.6 is 0 Å². The van der Waals surface area contributed by atoms with Crippen LogP contribution in [0.25, 0.3) is 0 Å². The number of methoxy groups -OCH3 is 1. The molecule has 2 amide bonds. The molecule has 1 aromatic heterocycles. The second-order valence-electron chi connectivity index (χ2n) is 5.06. The van der Waals surface area contributed by atoms with Crippen LogP contribution in [0.4, 0.5) is 0 Å². The minimum absolute atomic E-state index is 0.186. The number of hydrogen-bond donors (Lipinski definition) is 1. The van der Waals surface area contributed by atoms with Crippen LogP contribution in [0.15, 0.2) is 16.9 Å². The fourth-order valence-corrected chi connectivity index (χ4v) is 2.24. The van der Waals surface area contributed by atoms with Gasteiger partial charge in [-0.05, 0) is 18.9 Å². The smallest absolute Gasteiger partial charge is 0.274 e. The van der Waals surface area contributed by atoms with Crippen LogP contribution < -0.4 is 10.9 Å². The highest BCUT2D eigenvalue weighted by Gasteiger charge is 2.21. The van der Waals surface area contributed by atoms with E-state index in [9.17, 15) is 14.4 Å². The molecule has 120 valence electrons. The number of ether oxygens (including phenoxy) is 1. The Bertz CT molecular complexity index is 593. The average Bonchev–Trinajstić information content (AvgIpc) is 3.03. The zero-order valence-electron chi connectivity index (χ0n) is 12.6. The van der Waals surface area contributed by atoms with Crippen LogP contribution in [0.1, 0.15) is 23.3 Å². The molecule has 0 unspecified atom stereocenters. The highest BCUT2D eigenvalue weighted by Crippen LogP contribution is 2.10. The standard InChI is InChI=1S/C14H20N4O4/c1-22-9-6-15-12(19)10-18-13(20)5-4-11(16-18)14(21)17-7-2-3-8-17/h4-5H,2-3,6-10H2,1H3,(H,15,19). The summed E-state index contributed by atoms with van der Waals surface area (Å²) in [4.78, 5) is 37.4. The molecule has 0 saturated carbocycles. The van der Waals surface area contributed by atoms with Crippen LogP contribution in [0.2, 0.25) is 0 Å². The topological polar surface area (TPSA) is 93.5 Å². The Hall–Kier alpha value is -2.22. The van der Waals surface area contributed by atoms with Crippen LogP contribution in [0.5, 0.6) is 0 Å². The minimum atomic E-state index is -0.417. The number of nitrogens with zero attached hydrogens (tertiary/aromatic N) is 3. The van der Waals surface area contributed by atoms with Crippen molar-refractivity contribution in [2.75, 3.05) is 33.4 Å². The number of aromatic nitrogens is 2. The Morgan fingerprint density at radius 1 is 1.32 bits per heavy atom. The van der Waals surface area contributed by atoms with Crippen molar-refractivity contribution in [3.63, 3.8) is 0 Å². The van der Waals surface area contributed by atoms with Crippen LogP contribution in [0, 0.1) is 0 Å². The van der Waals surface area contributed by atoms with Crippen LogP contribution in [-0.4, -0.2) is 59.8 Å². The molecule has 8 nitrogen and oxygen atoms in total. The summed E-state index contributed by atoms with van der Waals surface area (Å²) in [6.45, 7) is 1.94. The summed E-state index contributed by atoms with van der Waals surface area (Å²) in [5, 5.41) is 6.61. The van der Waals surface area contributed by atoms with Gasteiger partial charge in [0.1, 0.15) is 12.2 Å². The lowest BCUT2D eigenvalue weighted by atomic mass is 10.3. The van der Waals surface area contributed by atoms with Gasteiger partial charge in [0.15, 0.2) is 0 Å². The summed E-state index contributed by atoms with van der Waals surface area (Å²) in [5.74, 6) is -0.552. The lowest BCUT2D eigenvalue weighted by molar-refractivity contribution is -0.122. The van der Waals surface area contributed by atoms with Gasteiger partial charge in [-0.2, -0.15) is 5.10 Å². The Kier molecular flexibility index (Phi) is 5.65. The molecule has 0 spiro atoms. The molecule has 0 atom stereocenters. The predicted octanol–water partition coefficient (Wildman–Crippen LogP) is -0.758. The van der Waals surface area contributed by atoms with Crippen molar-refractivity contribution in [1.82, 2.24) is 20.0 Å². The van der Waals surface area contributed by atoms with Gasteiger partial charge in [-0.1, -0.05) is 0 Å². The van der Waals surface area contributed by atoms with Gasteiger partial charge in [0.05, 0.1) is 6.61 Å². The van der Waals surface area contributed by atoms with Gasteiger partial charge < -0.3 is 15.0 Å². The van der Waals surface area contributed by atoms with Gasteiger partial charge in [-0.15, -0.1) is 0 Å². The summed E-state index contributed by atoms with van der Waals surface area (Å²) in [5.41, 5.74) is -0.231. The Morgan fingerprint density at radius 2 is 2.05 bits per heavy atom. The predicted molar refractivity (Wildman–Crippen MR) is 78.5 cm³/mol. The van der Waals surface area contributed by atoms with Gasteiger partial charge in [0.2, 0.25) is 5.91 Å². The van der Waals surface area contributed by atoms with Crippen molar-refractivity contribution in [2.45, 2.75) is 19.4 Å². The summed E-state index contributed by atoms with van der Waals surface area (Å²) in [6.07, 6.45) is 1.96. The molecule has 0 radical (unpaired) electrons. The Balaban J connectivity index is 2.04. The first kappa shape index (κ1) is 16.2. The zero-order valence-corrected chi connectivity index (χ0v) is 12.6. The number of carbonyl (C=O) groups is 2. The van der Waals surface area contributed by atoms with Crippen molar-refractivity contribution in [1.29, 1.82) is 0 Å². The molecule has 8 heteroatoms. The van der Waals surface area contributed by atoms with Crippen LogP contribution in [0.3, 0.4) is 0 Å². The van der Waals surface area contributed by atoms with E-state index in [1.165, 1.54) is 19.2 Å². The third kappa shape index (κ3) is 4.14. The molecule has 1 fully saturated rings. The van der Waals surface area contributed by atoms with Crippen molar-refractivity contribution in [2.24, 2.45) is 0 Å². The normalized spacial score (nSPS) is 14.1. The lowest BCUT2D eigenvalue weighted by Crippen LogP contribution is -2.36. The maximum Gasteiger partial charge on any atom is 0.274 e. The van der Waals surface area contributed by atoms with Crippen molar-refractivity contribution < 1.29 is 14.3 Å². The fourth-order valence-electron chi connectivity index (χ4n) is 2.24. The van der Waals surface area contributed by atoms with E-state index in [0.717, 1.165) is 17.5 Å². The second kappa shape index (κ2) is 7.69. The summed E-state index contributed by atoms with van der Waals surface area (Å²) >= 11 is 0. The molecule has 1 saturated heterocycles. The number of amides is 2. The van der Waals surface area contributed by atoms with Crippen molar-refractivity contribution in [3.05, 3.63) is 28.2 Å². The number of rotatable bonds is 6. The third-order valence-electron chi connectivity index (χ3n) is 3.40. The van der Waals surface area contributed by atoms with Gasteiger partial charge in [-0.25, -0.2) is 4.68 Å². The van der Waals surface area contributed by atoms with Gasteiger partial charge in [0, 0.05) is 32.8 Å². The molecular formula is C14H20N4O4. The number of hydrogen-bond acceptors (Lipinski definition) is 5. The monoisotopic (exact) mass is 308 g/mol. The Labute approximate surface area is 128 Å². The van der Waals surface area contributed by atoms with Crippen LogP contribution in [-0.2, 0) is 16.1 Å². The number of nitrogens with one attached hydrogen (secondary N) is 1. The number of carbonyl (C=O) groups excluding carboxylic acids is 2. The minimum Gasteiger partial charge on any atom is -0.383 e. The highest BCUT2D eigenvalue weighted by atomic mass is 16.5. The van der Waals surface area contributed by atoms with E-state index in [1.54, 1.807) is 4.90 Å². The van der Waals surface area contributed by atoms with E-state index in [4.69, 9.17) is 4.74 Å². The molecule has 1 aliphatic heterocycles. The Morgan fingerprint density at radius 3 is 2.73 bits per heavy atom. The first-order chi connectivity index (χ1) is 10.6. The molecule has 0 bridgehead atoms. The highest BCUT2D eigenvalue weighted by molar-refractivity contribution is 5.92. The molecule has 22 heavy (non-hydrogen) atoms. The maximum absolute atomic E-state index is 12.2. The van der Waals surface area contributed by atoms with Crippen molar-refractivity contribution in [3.8, 4) is 0 Å². The first-order valence-corrected chi connectivity index (χ1v) is 7.25. The summed E-state index contributed by atoms with van der Waals surface area (Å²) in [7, 11) is 1.53. The van der Waals surface area contributed by atoms with Gasteiger partial charge in [0.25, 0.3) is 11.5 Å². The SMILES string of the molecule is COCCNC(=O)Cn1nc(C(=O)N2CCCC2)ccc1=O. The molecule has 0 aliphatic carbocycles. The molecule has 1 aliphatic rings. The van der Waals surface area contributed by atoms with E-state index in [-0.39, 0.29) is 24.1 Å². The molecule has 1 N–H and O–H groups in total. The molecule has 1 aromatic rings. The van der Waals surface area contributed by atoms with Gasteiger partial charge in [-0.3, -0.25) is 14.4 Å². The first-order valence-electron chi connectivity index (χ1n) is 7.25. The summed E-state index contributed by atoms with van der Waals surface area (Å²) in [6, 6.07) is 2.67. The average molecular weight is 308 g/mol. The molecule has 2 rings (SSSR count).